The van der Waals surface area contributed by atoms with Crippen molar-refractivity contribution in [3.63, 3.8) is 0 Å². The molecule has 6 fully saturated rings. The maximum absolute atomic E-state index is 13.3. The summed E-state index contributed by atoms with van der Waals surface area (Å²) in [6.07, 6.45) is 9.35. The summed E-state index contributed by atoms with van der Waals surface area (Å²) in [6, 6.07) is 15.8. The molecule has 42 heavy (non-hydrogen) atoms. The van der Waals surface area contributed by atoms with E-state index in [4.69, 9.17) is 9.47 Å². The molecule has 2 saturated heterocycles. The van der Waals surface area contributed by atoms with Gasteiger partial charge in [-0.05, 0) is 98.9 Å². The van der Waals surface area contributed by atoms with Crippen LogP contribution in [0.1, 0.15) is 86.9 Å². The number of carbonyl (C=O) groups excluding carboxylic acids is 1. The monoisotopic (exact) mass is 575 g/mol. The fraction of sp³-hybridized carbons (Fsp3) is 0.618. The molecule has 8 heteroatoms. The lowest BCUT2D eigenvalue weighted by Crippen LogP contribution is -2.60. The van der Waals surface area contributed by atoms with Crippen molar-refractivity contribution in [2.75, 3.05) is 25.0 Å². The number of benzene rings is 2. The van der Waals surface area contributed by atoms with Gasteiger partial charge in [-0.25, -0.2) is 4.79 Å². The van der Waals surface area contributed by atoms with Crippen molar-refractivity contribution in [2.45, 2.75) is 94.5 Å². The van der Waals surface area contributed by atoms with Gasteiger partial charge in [-0.2, -0.15) is 0 Å². The summed E-state index contributed by atoms with van der Waals surface area (Å²) in [7, 11) is 0. The molecule has 4 saturated carbocycles. The average Bonchev–Trinajstić information content (AvgIpc) is 3.43. The number of ether oxygens (including phenoxy) is 2. The molecule has 226 valence electrons. The quantitative estimate of drug-likeness (QED) is 0.342. The highest BCUT2D eigenvalue weighted by Gasteiger charge is 2.51. The first-order valence-electron chi connectivity index (χ1n) is 16.0. The first-order valence-corrected chi connectivity index (χ1v) is 16.0. The summed E-state index contributed by atoms with van der Waals surface area (Å²) in [5.41, 5.74) is 3.47. The molecule has 6 aliphatic rings. The largest absolute Gasteiger partial charge is 0.395 e. The fourth-order valence-electron chi connectivity index (χ4n) is 9.07. The molecule has 2 aromatic carbocycles. The van der Waals surface area contributed by atoms with Gasteiger partial charge >= 0.3 is 6.03 Å². The predicted octanol–water partition coefficient (Wildman–Crippen LogP) is 5.27. The van der Waals surface area contributed by atoms with E-state index in [0.29, 0.717) is 6.42 Å². The van der Waals surface area contributed by atoms with Gasteiger partial charge in [0.2, 0.25) is 0 Å². The lowest BCUT2D eigenvalue weighted by Gasteiger charge is -2.56. The Balaban J connectivity index is 1.06. The van der Waals surface area contributed by atoms with Crippen LogP contribution in [0.25, 0.3) is 0 Å². The van der Waals surface area contributed by atoms with Gasteiger partial charge in [0.15, 0.2) is 6.29 Å². The predicted molar refractivity (Wildman–Crippen MR) is 160 cm³/mol. The number of rotatable bonds is 8. The minimum atomic E-state index is -0.589. The summed E-state index contributed by atoms with van der Waals surface area (Å²) < 4.78 is 13.1. The molecule has 8 nitrogen and oxygen atoms in total. The number of carbonyl (C=O) groups is 1. The Morgan fingerprint density at radius 2 is 1.67 bits per heavy atom. The minimum Gasteiger partial charge on any atom is -0.395 e. The molecule has 2 heterocycles. The number of urea groups is 1. The van der Waals surface area contributed by atoms with Crippen LogP contribution >= 0.6 is 0 Å². The van der Waals surface area contributed by atoms with Crippen molar-refractivity contribution in [3.05, 3.63) is 65.2 Å². The van der Waals surface area contributed by atoms with Crippen molar-refractivity contribution < 1.29 is 24.5 Å². The maximum atomic E-state index is 13.3. The van der Waals surface area contributed by atoms with Gasteiger partial charge in [-0.1, -0.05) is 36.4 Å². The van der Waals surface area contributed by atoms with Crippen LogP contribution in [0.15, 0.2) is 48.5 Å². The molecule has 2 aromatic rings. The number of aliphatic hydroxyl groups is 2. The Hall–Kier alpha value is -2.49. The van der Waals surface area contributed by atoms with Crippen molar-refractivity contribution in [1.29, 1.82) is 0 Å². The van der Waals surface area contributed by atoms with E-state index in [2.05, 4.69) is 15.5 Å². The molecular weight excluding hydrogens is 530 g/mol. The SMILES string of the molecule is O=C(Nc1cccc([C@@H]2O[C@H](CN3CCC[C@H]3CO)C[C@H](c3ccc(CO)cc3)O2)c1)NC12CC3CC(CC(C3)C1)C2. The zero-order valence-electron chi connectivity index (χ0n) is 24.4. The molecule has 0 unspecified atom stereocenters. The maximum Gasteiger partial charge on any atom is 0.319 e. The number of nitrogens with zero attached hydrogens (tertiary/aromatic N) is 1. The second-order valence-corrected chi connectivity index (χ2v) is 13.7. The molecule has 8 rings (SSSR count). The second kappa shape index (κ2) is 11.9. The molecule has 2 aliphatic heterocycles. The van der Waals surface area contributed by atoms with Crippen LogP contribution in [0.3, 0.4) is 0 Å². The summed E-state index contributed by atoms with van der Waals surface area (Å²) in [5, 5.41) is 25.9. The van der Waals surface area contributed by atoms with Crippen LogP contribution in [0, 0.1) is 17.8 Å². The highest BCUT2D eigenvalue weighted by Crippen LogP contribution is 2.55. The summed E-state index contributed by atoms with van der Waals surface area (Å²) >= 11 is 0. The van der Waals surface area contributed by atoms with Gasteiger partial charge in [-0.3, -0.25) is 4.90 Å². The number of hydrogen-bond acceptors (Lipinski definition) is 6. The zero-order valence-corrected chi connectivity index (χ0v) is 24.4. The Labute approximate surface area is 248 Å². The number of amides is 2. The third-order valence-corrected chi connectivity index (χ3v) is 10.6. The fourth-order valence-corrected chi connectivity index (χ4v) is 9.07. The smallest absolute Gasteiger partial charge is 0.319 e. The first-order chi connectivity index (χ1) is 20.5. The molecule has 2 amide bonds. The van der Waals surface area contributed by atoms with E-state index >= 15 is 0 Å². The van der Waals surface area contributed by atoms with Crippen LogP contribution in [0.5, 0.6) is 0 Å². The Morgan fingerprint density at radius 1 is 0.929 bits per heavy atom. The highest BCUT2D eigenvalue weighted by atomic mass is 16.7. The van der Waals surface area contributed by atoms with Crippen LogP contribution in [0.4, 0.5) is 10.5 Å². The molecular formula is C34H45N3O5. The van der Waals surface area contributed by atoms with Gasteiger partial charge in [0.1, 0.15) is 0 Å². The topological polar surface area (TPSA) is 103 Å². The van der Waals surface area contributed by atoms with E-state index in [9.17, 15) is 15.0 Å². The Kier molecular flexibility index (Phi) is 8.01. The normalized spacial score (nSPS) is 35.8. The molecule has 4 aliphatic carbocycles. The number of hydrogen-bond donors (Lipinski definition) is 4. The molecule has 0 spiro atoms. The van der Waals surface area contributed by atoms with Crippen LogP contribution < -0.4 is 10.6 Å². The van der Waals surface area contributed by atoms with Crippen molar-refractivity contribution >= 4 is 11.7 Å². The third-order valence-electron chi connectivity index (χ3n) is 10.6. The van der Waals surface area contributed by atoms with Gasteiger partial charge in [0.05, 0.1) is 25.4 Å². The zero-order chi connectivity index (χ0) is 28.7. The number of likely N-dealkylation sites (tertiary alicyclic amines) is 1. The van der Waals surface area contributed by atoms with Gasteiger partial charge in [0, 0.05) is 35.8 Å². The summed E-state index contributed by atoms with van der Waals surface area (Å²) in [4.78, 5) is 15.6. The van der Waals surface area contributed by atoms with Crippen molar-refractivity contribution in [2.24, 2.45) is 17.8 Å². The lowest BCUT2D eigenvalue weighted by atomic mass is 9.53. The van der Waals surface area contributed by atoms with Crippen LogP contribution in [-0.4, -0.2) is 58.5 Å². The first kappa shape index (κ1) is 28.3. The summed E-state index contributed by atoms with van der Waals surface area (Å²) in [5.74, 6) is 2.32. The average molecular weight is 576 g/mol. The van der Waals surface area contributed by atoms with E-state index in [0.717, 1.165) is 85.3 Å². The number of aliphatic hydroxyl groups excluding tert-OH is 2. The summed E-state index contributed by atoms with van der Waals surface area (Å²) in [6.45, 7) is 1.87. The van der Waals surface area contributed by atoms with Gasteiger partial charge < -0.3 is 30.3 Å². The molecule has 0 aromatic heterocycles. The second-order valence-electron chi connectivity index (χ2n) is 13.7. The van der Waals surface area contributed by atoms with E-state index in [-0.39, 0.29) is 43.0 Å². The highest BCUT2D eigenvalue weighted by molar-refractivity contribution is 5.89. The Morgan fingerprint density at radius 3 is 2.36 bits per heavy atom. The minimum absolute atomic E-state index is 0.00784. The molecule has 0 radical (unpaired) electrons. The Bertz CT molecular complexity index is 1220. The van der Waals surface area contributed by atoms with Crippen molar-refractivity contribution in [3.8, 4) is 0 Å². The standard InChI is InChI=1S/C34H45N3O5/c38-20-22-6-8-26(9-7-22)31-15-30(19-37-10-2-5-29(37)21-39)41-32(42-31)27-3-1-4-28(14-27)35-33(40)36-34-16-23-11-24(17-34)13-25(12-23)18-34/h1,3-4,6-9,14,23-25,29-32,38-39H,2,5,10-13,15-21H2,(H2,35,36,40)/t23?,24?,25?,29-,30-,31+,32+,34?/m0/s1. The van der Waals surface area contributed by atoms with Crippen LogP contribution in [-0.2, 0) is 16.1 Å². The van der Waals surface area contributed by atoms with Crippen LogP contribution in [0.2, 0.25) is 0 Å². The van der Waals surface area contributed by atoms with E-state index < -0.39 is 6.29 Å². The number of anilines is 1. The van der Waals surface area contributed by atoms with Gasteiger partial charge in [-0.15, -0.1) is 0 Å². The van der Waals surface area contributed by atoms with Crippen molar-refractivity contribution in [1.82, 2.24) is 10.2 Å². The van der Waals surface area contributed by atoms with E-state index in [1.54, 1.807) is 0 Å². The lowest BCUT2D eigenvalue weighted by molar-refractivity contribution is -0.253. The molecule has 4 bridgehead atoms. The molecule has 4 atom stereocenters. The van der Waals surface area contributed by atoms with Gasteiger partial charge in [0.25, 0.3) is 0 Å². The third kappa shape index (κ3) is 5.97. The number of nitrogens with one attached hydrogen (secondary N) is 2. The van der Waals surface area contributed by atoms with E-state index in [1.165, 1.54) is 19.3 Å². The molecule has 4 N–H and O–H groups in total. The van der Waals surface area contributed by atoms with E-state index in [1.807, 2.05) is 48.5 Å².